The lowest BCUT2D eigenvalue weighted by Crippen LogP contribution is -2.27. The van der Waals surface area contributed by atoms with Crippen molar-refractivity contribution in [3.05, 3.63) is 93.5 Å². The Labute approximate surface area is 173 Å². The van der Waals surface area contributed by atoms with Gasteiger partial charge in [0.05, 0.1) is 33.2 Å². The molecule has 0 bridgehead atoms. The minimum Gasteiger partial charge on any atom is -0.349 e. The van der Waals surface area contributed by atoms with E-state index in [4.69, 9.17) is 28.2 Å². The third-order valence-corrected chi connectivity index (χ3v) is 6.30. The van der Waals surface area contributed by atoms with Crippen LogP contribution in [0.5, 0.6) is 0 Å². The Hall–Kier alpha value is -2.49. The number of imidazole rings is 1. The third kappa shape index (κ3) is 2.86. The number of fused-ring (bicyclic) bond motifs is 3. The fourth-order valence-corrected chi connectivity index (χ4v) is 4.49. The highest BCUT2D eigenvalue weighted by Crippen LogP contribution is 2.42. The van der Waals surface area contributed by atoms with Crippen LogP contribution < -0.4 is 5.32 Å². The van der Waals surface area contributed by atoms with Crippen LogP contribution in [0.4, 0.5) is 5.95 Å². The van der Waals surface area contributed by atoms with Crippen LogP contribution in [0.2, 0.25) is 10.0 Å². The zero-order valence-corrected chi connectivity index (χ0v) is 16.9. The lowest BCUT2D eigenvalue weighted by atomic mass is 9.91. The molecule has 0 saturated heterocycles. The van der Waals surface area contributed by atoms with Gasteiger partial charge in [0.2, 0.25) is 5.95 Å². The molecular weight excluding hydrogens is 389 g/mol. The van der Waals surface area contributed by atoms with Gasteiger partial charge in [0.1, 0.15) is 0 Å². The highest BCUT2D eigenvalue weighted by Gasteiger charge is 2.31. The van der Waals surface area contributed by atoms with Crippen molar-refractivity contribution in [3.8, 4) is 0 Å². The van der Waals surface area contributed by atoms with Gasteiger partial charge in [0, 0.05) is 0 Å². The van der Waals surface area contributed by atoms with Gasteiger partial charge in [-0.3, -0.25) is 0 Å². The molecule has 28 heavy (non-hydrogen) atoms. The number of para-hydroxylation sites is 2. The SMILES string of the molecule is Cc1ccccc1[C@@H]1C[C@@H](c2ccc(Cl)c(Cl)c2)Nc2nc3ccccc3n21. The Morgan fingerprint density at radius 1 is 0.964 bits per heavy atom. The van der Waals surface area contributed by atoms with Crippen molar-refractivity contribution in [2.75, 3.05) is 5.32 Å². The Morgan fingerprint density at radius 3 is 2.57 bits per heavy atom. The van der Waals surface area contributed by atoms with Gasteiger partial charge in [-0.15, -0.1) is 0 Å². The van der Waals surface area contributed by atoms with Crippen LogP contribution in [0.25, 0.3) is 11.0 Å². The van der Waals surface area contributed by atoms with Crippen LogP contribution in [0.3, 0.4) is 0 Å². The van der Waals surface area contributed by atoms with Crippen LogP contribution >= 0.6 is 23.2 Å². The maximum atomic E-state index is 6.30. The quantitative estimate of drug-likeness (QED) is 0.395. The third-order valence-electron chi connectivity index (χ3n) is 5.56. The first-order chi connectivity index (χ1) is 13.6. The van der Waals surface area contributed by atoms with Crippen molar-refractivity contribution in [1.82, 2.24) is 9.55 Å². The van der Waals surface area contributed by atoms with E-state index in [0.29, 0.717) is 10.0 Å². The predicted octanol–water partition coefficient (Wildman–Crippen LogP) is 6.80. The largest absolute Gasteiger partial charge is 0.349 e. The molecule has 1 aliphatic rings. The summed E-state index contributed by atoms with van der Waals surface area (Å²) in [5.41, 5.74) is 5.86. The summed E-state index contributed by atoms with van der Waals surface area (Å²) in [4.78, 5) is 4.87. The molecule has 1 aromatic heterocycles. The molecule has 3 nitrogen and oxygen atoms in total. The van der Waals surface area contributed by atoms with E-state index in [9.17, 15) is 0 Å². The van der Waals surface area contributed by atoms with Crippen LogP contribution in [0.1, 0.15) is 35.2 Å². The molecule has 0 saturated carbocycles. The molecule has 0 amide bonds. The van der Waals surface area contributed by atoms with Gasteiger partial charge in [0.15, 0.2) is 0 Å². The first-order valence-corrected chi connectivity index (χ1v) is 10.1. The zero-order valence-electron chi connectivity index (χ0n) is 15.4. The zero-order chi connectivity index (χ0) is 19.3. The van der Waals surface area contributed by atoms with Crippen molar-refractivity contribution in [2.45, 2.75) is 25.4 Å². The van der Waals surface area contributed by atoms with E-state index >= 15 is 0 Å². The minimum atomic E-state index is 0.101. The van der Waals surface area contributed by atoms with Crippen LogP contribution in [-0.2, 0) is 0 Å². The summed E-state index contributed by atoms with van der Waals surface area (Å²) in [6.07, 6.45) is 0.899. The predicted molar refractivity (Wildman–Crippen MR) is 116 cm³/mol. The van der Waals surface area contributed by atoms with E-state index in [0.717, 1.165) is 29.0 Å². The molecule has 0 unspecified atom stereocenters. The first kappa shape index (κ1) is 17.6. The minimum absolute atomic E-state index is 0.101. The summed E-state index contributed by atoms with van der Waals surface area (Å²) < 4.78 is 2.33. The van der Waals surface area contributed by atoms with Crippen molar-refractivity contribution >= 4 is 40.2 Å². The van der Waals surface area contributed by atoms with Gasteiger partial charge < -0.3 is 9.88 Å². The van der Waals surface area contributed by atoms with E-state index in [1.165, 1.54) is 11.1 Å². The number of benzene rings is 3. The van der Waals surface area contributed by atoms with Crippen molar-refractivity contribution < 1.29 is 0 Å². The number of nitrogens with one attached hydrogen (secondary N) is 1. The van der Waals surface area contributed by atoms with Gasteiger partial charge in [0.25, 0.3) is 0 Å². The Bertz CT molecular complexity index is 1180. The number of aryl methyl sites for hydroxylation is 1. The van der Waals surface area contributed by atoms with Gasteiger partial charge in [-0.2, -0.15) is 0 Å². The molecule has 1 N–H and O–H groups in total. The highest BCUT2D eigenvalue weighted by atomic mass is 35.5. The maximum Gasteiger partial charge on any atom is 0.204 e. The molecule has 140 valence electrons. The molecule has 5 heteroatoms. The first-order valence-electron chi connectivity index (χ1n) is 9.36. The second-order valence-corrected chi connectivity index (χ2v) is 8.09. The normalized spacial score (nSPS) is 18.7. The van der Waals surface area contributed by atoms with E-state index in [2.05, 4.69) is 59.3 Å². The Balaban J connectivity index is 1.68. The number of rotatable bonds is 2. The van der Waals surface area contributed by atoms with Crippen LogP contribution in [0, 0.1) is 6.92 Å². The lowest BCUT2D eigenvalue weighted by Gasteiger charge is -2.34. The Kier molecular flexibility index (Phi) is 4.30. The van der Waals surface area contributed by atoms with E-state index < -0.39 is 0 Å². The average molecular weight is 408 g/mol. The van der Waals surface area contributed by atoms with E-state index in [1.807, 2.05) is 24.3 Å². The second kappa shape index (κ2) is 6.84. The van der Waals surface area contributed by atoms with Gasteiger partial charge in [-0.05, 0) is 54.3 Å². The standard InChI is InChI=1S/C23H19Cl2N3/c1-14-6-2-3-7-16(14)22-13-20(15-10-11-17(24)18(25)12-15)27-23-26-19-8-4-5-9-21(19)28(22)23/h2-12,20,22H,13H2,1H3,(H,26,27)/t20-,22-/m0/s1. The summed E-state index contributed by atoms with van der Waals surface area (Å²) in [5, 5.41) is 4.77. The molecule has 3 aromatic carbocycles. The fourth-order valence-electron chi connectivity index (χ4n) is 4.18. The number of hydrogen-bond donors (Lipinski definition) is 1. The fraction of sp³-hybridized carbons (Fsp3) is 0.174. The number of hydrogen-bond acceptors (Lipinski definition) is 2. The van der Waals surface area contributed by atoms with Crippen molar-refractivity contribution in [2.24, 2.45) is 0 Å². The highest BCUT2D eigenvalue weighted by molar-refractivity contribution is 6.42. The molecule has 0 radical (unpaired) electrons. The van der Waals surface area contributed by atoms with Crippen molar-refractivity contribution in [1.29, 1.82) is 0 Å². The molecular formula is C23H19Cl2N3. The summed E-state index contributed by atoms with van der Waals surface area (Å²) in [6.45, 7) is 2.17. The van der Waals surface area contributed by atoms with Gasteiger partial charge in [-0.25, -0.2) is 4.98 Å². The summed E-state index contributed by atoms with van der Waals surface area (Å²) in [7, 11) is 0. The molecule has 5 rings (SSSR count). The molecule has 2 atom stereocenters. The molecule has 0 spiro atoms. The van der Waals surface area contributed by atoms with Gasteiger partial charge >= 0.3 is 0 Å². The number of nitrogens with zero attached hydrogens (tertiary/aromatic N) is 2. The number of halogens is 2. The smallest absolute Gasteiger partial charge is 0.204 e. The Morgan fingerprint density at radius 2 is 1.75 bits per heavy atom. The van der Waals surface area contributed by atoms with E-state index in [-0.39, 0.29) is 12.1 Å². The van der Waals surface area contributed by atoms with Gasteiger partial charge in [-0.1, -0.05) is 65.7 Å². The number of aromatic nitrogens is 2. The van der Waals surface area contributed by atoms with Crippen LogP contribution in [0.15, 0.2) is 66.7 Å². The molecule has 1 aliphatic heterocycles. The maximum absolute atomic E-state index is 6.30. The molecule has 0 aliphatic carbocycles. The van der Waals surface area contributed by atoms with Crippen molar-refractivity contribution in [3.63, 3.8) is 0 Å². The topological polar surface area (TPSA) is 29.9 Å². The molecule has 4 aromatic rings. The summed E-state index contributed by atoms with van der Waals surface area (Å²) >= 11 is 12.4. The van der Waals surface area contributed by atoms with Crippen LogP contribution in [-0.4, -0.2) is 9.55 Å². The van der Waals surface area contributed by atoms with E-state index in [1.54, 1.807) is 0 Å². The summed E-state index contributed by atoms with van der Waals surface area (Å²) in [6, 6.07) is 23.0. The second-order valence-electron chi connectivity index (χ2n) is 7.27. The average Bonchev–Trinajstić information content (AvgIpc) is 3.08. The lowest BCUT2D eigenvalue weighted by molar-refractivity contribution is 0.476. The summed E-state index contributed by atoms with van der Waals surface area (Å²) in [5.74, 6) is 0.886. The number of anilines is 1. The monoisotopic (exact) mass is 407 g/mol. The molecule has 0 fully saturated rings. The molecule has 2 heterocycles.